The topological polar surface area (TPSA) is 29.0 Å². The highest BCUT2D eigenvalue weighted by atomic mass is 15.3. The predicted molar refractivity (Wildman–Crippen MR) is 54.6 cm³/mol. The molecule has 1 aromatic carbocycles. The second-order valence-electron chi connectivity index (χ2n) is 3.63. The Morgan fingerprint density at radius 1 is 1.31 bits per heavy atom. The normalized spacial score (nSPS) is 25.9. The summed E-state index contributed by atoms with van der Waals surface area (Å²) < 4.78 is 0. The van der Waals surface area contributed by atoms with Gasteiger partial charge in [0.1, 0.15) is 0 Å². The minimum absolute atomic E-state index is 0.756. The molecular formula is C11H16N2. The van der Waals surface area contributed by atoms with Crippen molar-refractivity contribution in [3.05, 3.63) is 35.9 Å². The van der Waals surface area contributed by atoms with Crippen molar-refractivity contribution in [3.8, 4) is 0 Å². The molecule has 1 saturated heterocycles. The number of nitrogens with two attached hydrogens (primary N) is 1. The van der Waals surface area contributed by atoms with Crippen LogP contribution in [0.4, 0.5) is 0 Å². The molecule has 0 spiro atoms. The van der Waals surface area contributed by atoms with Crippen molar-refractivity contribution in [1.82, 2.24) is 4.90 Å². The molecule has 0 aliphatic carbocycles. The van der Waals surface area contributed by atoms with E-state index >= 15 is 0 Å². The predicted octanol–water partition coefficient (Wildman–Crippen LogP) is 0.872. The SMILES string of the molecule is NCCN1CC1Cc1ccccc1. The monoisotopic (exact) mass is 176 g/mol. The van der Waals surface area contributed by atoms with Crippen LogP contribution in [0.15, 0.2) is 30.3 Å². The van der Waals surface area contributed by atoms with Gasteiger partial charge in [-0.05, 0) is 12.0 Å². The second-order valence-corrected chi connectivity index (χ2v) is 3.63. The average molecular weight is 176 g/mol. The Bertz CT molecular complexity index is 258. The highest BCUT2D eigenvalue weighted by Gasteiger charge is 2.32. The van der Waals surface area contributed by atoms with Gasteiger partial charge in [0.25, 0.3) is 0 Å². The van der Waals surface area contributed by atoms with Crippen LogP contribution in [-0.2, 0) is 6.42 Å². The van der Waals surface area contributed by atoms with E-state index in [1.807, 2.05) is 0 Å². The number of benzene rings is 1. The van der Waals surface area contributed by atoms with E-state index < -0.39 is 0 Å². The smallest absolute Gasteiger partial charge is 0.0264 e. The van der Waals surface area contributed by atoms with Gasteiger partial charge in [0.15, 0.2) is 0 Å². The van der Waals surface area contributed by atoms with Crippen molar-refractivity contribution < 1.29 is 0 Å². The molecule has 1 aliphatic heterocycles. The summed E-state index contributed by atoms with van der Waals surface area (Å²) in [7, 11) is 0. The van der Waals surface area contributed by atoms with E-state index in [0.717, 1.165) is 19.1 Å². The van der Waals surface area contributed by atoms with Gasteiger partial charge < -0.3 is 5.73 Å². The van der Waals surface area contributed by atoms with Gasteiger partial charge in [-0.15, -0.1) is 0 Å². The number of hydrogen-bond donors (Lipinski definition) is 1. The Morgan fingerprint density at radius 3 is 2.77 bits per heavy atom. The molecule has 0 saturated carbocycles. The maximum atomic E-state index is 5.48. The van der Waals surface area contributed by atoms with Crippen molar-refractivity contribution in [2.75, 3.05) is 19.6 Å². The molecule has 2 heteroatoms. The van der Waals surface area contributed by atoms with Crippen LogP contribution in [0.1, 0.15) is 5.56 Å². The molecule has 0 aromatic heterocycles. The van der Waals surface area contributed by atoms with E-state index in [4.69, 9.17) is 5.73 Å². The molecule has 0 bridgehead atoms. The summed E-state index contributed by atoms with van der Waals surface area (Å²) in [6, 6.07) is 11.4. The molecule has 70 valence electrons. The van der Waals surface area contributed by atoms with Crippen molar-refractivity contribution in [2.45, 2.75) is 12.5 Å². The van der Waals surface area contributed by atoms with Crippen LogP contribution in [0, 0.1) is 0 Å². The molecule has 13 heavy (non-hydrogen) atoms. The number of rotatable bonds is 4. The summed E-state index contributed by atoms with van der Waals surface area (Å²) >= 11 is 0. The zero-order valence-corrected chi connectivity index (χ0v) is 7.82. The summed E-state index contributed by atoms with van der Waals surface area (Å²) in [5, 5.41) is 0. The lowest BCUT2D eigenvalue weighted by Crippen LogP contribution is -2.15. The molecule has 1 heterocycles. The first kappa shape index (κ1) is 8.73. The Labute approximate surface area is 79.4 Å². The van der Waals surface area contributed by atoms with Crippen LogP contribution >= 0.6 is 0 Å². The Morgan fingerprint density at radius 2 is 2.08 bits per heavy atom. The molecular weight excluding hydrogens is 160 g/mol. The van der Waals surface area contributed by atoms with Crippen LogP contribution in [0.5, 0.6) is 0 Å². The third kappa shape index (κ3) is 2.29. The highest BCUT2D eigenvalue weighted by molar-refractivity contribution is 5.17. The fourth-order valence-electron chi connectivity index (χ4n) is 1.74. The fourth-order valence-corrected chi connectivity index (χ4v) is 1.74. The van der Waals surface area contributed by atoms with Crippen LogP contribution in [-0.4, -0.2) is 30.6 Å². The van der Waals surface area contributed by atoms with Gasteiger partial charge in [-0.1, -0.05) is 30.3 Å². The first-order chi connectivity index (χ1) is 6.40. The molecule has 1 aromatic rings. The van der Waals surface area contributed by atoms with Crippen molar-refractivity contribution in [2.24, 2.45) is 5.73 Å². The average Bonchev–Trinajstić information content (AvgIpc) is 2.86. The van der Waals surface area contributed by atoms with Crippen LogP contribution in [0.25, 0.3) is 0 Å². The molecule has 2 N–H and O–H groups in total. The van der Waals surface area contributed by atoms with Gasteiger partial charge in [-0.2, -0.15) is 0 Å². The summed E-state index contributed by atoms with van der Waals surface area (Å²) in [5.74, 6) is 0. The summed E-state index contributed by atoms with van der Waals surface area (Å²) in [5.41, 5.74) is 6.92. The van der Waals surface area contributed by atoms with Crippen molar-refractivity contribution in [3.63, 3.8) is 0 Å². The number of hydrogen-bond acceptors (Lipinski definition) is 2. The third-order valence-corrected chi connectivity index (χ3v) is 2.56. The lowest BCUT2D eigenvalue weighted by molar-refractivity contribution is 0.514. The van der Waals surface area contributed by atoms with E-state index in [-0.39, 0.29) is 0 Å². The molecule has 2 rings (SSSR count). The Kier molecular flexibility index (Phi) is 2.62. The molecule has 2 unspecified atom stereocenters. The van der Waals surface area contributed by atoms with Gasteiger partial charge >= 0.3 is 0 Å². The number of nitrogens with zero attached hydrogens (tertiary/aromatic N) is 1. The molecule has 2 atom stereocenters. The molecule has 0 amide bonds. The van der Waals surface area contributed by atoms with E-state index in [1.54, 1.807) is 0 Å². The summed E-state index contributed by atoms with van der Waals surface area (Å²) in [6.07, 6.45) is 1.18. The van der Waals surface area contributed by atoms with E-state index in [0.29, 0.717) is 0 Å². The largest absolute Gasteiger partial charge is 0.329 e. The lowest BCUT2D eigenvalue weighted by Gasteiger charge is -2.01. The maximum Gasteiger partial charge on any atom is 0.0264 e. The van der Waals surface area contributed by atoms with Gasteiger partial charge in [0.05, 0.1) is 0 Å². The van der Waals surface area contributed by atoms with Crippen molar-refractivity contribution >= 4 is 0 Å². The minimum Gasteiger partial charge on any atom is -0.329 e. The highest BCUT2D eigenvalue weighted by Crippen LogP contribution is 2.20. The minimum atomic E-state index is 0.756. The van der Waals surface area contributed by atoms with E-state index in [9.17, 15) is 0 Å². The molecule has 1 fully saturated rings. The van der Waals surface area contributed by atoms with Crippen LogP contribution in [0.2, 0.25) is 0 Å². The van der Waals surface area contributed by atoms with Crippen molar-refractivity contribution in [1.29, 1.82) is 0 Å². The van der Waals surface area contributed by atoms with E-state index in [1.165, 1.54) is 18.5 Å². The van der Waals surface area contributed by atoms with E-state index in [2.05, 4.69) is 35.2 Å². The Balaban J connectivity index is 1.81. The fraction of sp³-hybridized carbons (Fsp3) is 0.455. The summed E-state index contributed by atoms with van der Waals surface area (Å²) in [4.78, 5) is 2.42. The zero-order valence-electron chi connectivity index (χ0n) is 7.82. The second kappa shape index (κ2) is 3.90. The summed E-state index contributed by atoms with van der Waals surface area (Å²) in [6.45, 7) is 3.06. The Hall–Kier alpha value is -0.860. The molecule has 2 nitrogen and oxygen atoms in total. The maximum absolute atomic E-state index is 5.48. The van der Waals surface area contributed by atoms with Gasteiger partial charge in [-0.3, -0.25) is 4.90 Å². The van der Waals surface area contributed by atoms with Gasteiger partial charge in [0.2, 0.25) is 0 Å². The standard InChI is InChI=1S/C11H16N2/c12-6-7-13-9-11(13)8-10-4-2-1-3-5-10/h1-5,11H,6-9,12H2. The van der Waals surface area contributed by atoms with Crippen LogP contribution in [0.3, 0.4) is 0 Å². The van der Waals surface area contributed by atoms with Gasteiger partial charge in [-0.25, -0.2) is 0 Å². The third-order valence-electron chi connectivity index (χ3n) is 2.56. The zero-order chi connectivity index (χ0) is 9.10. The first-order valence-electron chi connectivity index (χ1n) is 4.88. The molecule has 1 aliphatic rings. The van der Waals surface area contributed by atoms with Gasteiger partial charge in [0, 0.05) is 25.7 Å². The lowest BCUT2D eigenvalue weighted by atomic mass is 10.1. The first-order valence-corrected chi connectivity index (χ1v) is 4.88. The van der Waals surface area contributed by atoms with Crippen LogP contribution < -0.4 is 5.73 Å². The quantitative estimate of drug-likeness (QED) is 0.690. The molecule has 0 radical (unpaired) electrons.